The first-order valence-corrected chi connectivity index (χ1v) is 16.5. The van der Waals surface area contributed by atoms with Crippen molar-refractivity contribution in [3.8, 4) is 0 Å². The van der Waals surface area contributed by atoms with Crippen LogP contribution in [0, 0.1) is 0 Å². The summed E-state index contributed by atoms with van der Waals surface area (Å²) in [5.41, 5.74) is 2.51. The molecule has 0 aromatic heterocycles. The highest BCUT2D eigenvalue weighted by Crippen LogP contribution is 2.41. The number of rotatable bonds is 13. The standard InChI is InChI=1S/C34H44O4Si/c1-6-9-18-26(19-10-7-2)30-25-29(20-11-8-3)39(27-21-14-12-15-22-27,28-23-16-13-17-24-28)32(34(36)38-5)31(30)33(35)37-4/h12-17,21-25H,6-11,18-20H2,1-5H3. The molecule has 3 rings (SSSR count). The molecule has 0 unspecified atom stereocenters. The number of unbranched alkanes of at least 4 members (excludes halogenated alkanes) is 3. The molecule has 0 atom stereocenters. The molecule has 0 radical (unpaired) electrons. The van der Waals surface area contributed by atoms with E-state index in [1.807, 2.05) is 36.4 Å². The Kier molecular flexibility index (Phi) is 11.5. The number of ether oxygens (including phenoxy) is 2. The molecule has 0 bridgehead atoms. The second-order valence-electron chi connectivity index (χ2n) is 10.2. The van der Waals surface area contributed by atoms with Gasteiger partial charge in [-0.3, -0.25) is 0 Å². The maximum absolute atomic E-state index is 14.1. The van der Waals surface area contributed by atoms with Crippen LogP contribution in [0.2, 0.25) is 0 Å². The zero-order valence-electron chi connectivity index (χ0n) is 24.3. The highest BCUT2D eigenvalue weighted by atomic mass is 28.3. The minimum Gasteiger partial charge on any atom is -0.466 e. The molecule has 1 heterocycles. The zero-order valence-corrected chi connectivity index (χ0v) is 25.3. The van der Waals surface area contributed by atoms with Crippen molar-refractivity contribution in [3.05, 3.63) is 93.9 Å². The lowest BCUT2D eigenvalue weighted by molar-refractivity contribution is -0.138. The average molecular weight is 545 g/mol. The third-order valence-corrected chi connectivity index (χ3v) is 12.7. The van der Waals surface area contributed by atoms with Crippen molar-refractivity contribution in [3.63, 3.8) is 0 Å². The maximum atomic E-state index is 14.1. The fourth-order valence-corrected chi connectivity index (χ4v) is 11.1. The minimum absolute atomic E-state index is 0.395. The number of carbonyl (C=O) groups is 2. The predicted molar refractivity (Wildman–Crippen MR) is 163 cm³/mol. The molecule has 0 saturated carbocycles. The van der Waals surface area contributed by atoms with Gasteiger partial charge in [-0.05, 0) is 48.1 Å². The van der Waals surface area contributed by atoms with Crippen LogP contribution in [0.5, 0.6) is 0 Å². The van der Waals surface area contributed by atoms with Crippen LogP contribution in [-0.4, -0.2) is 34.2 Å². The summed E-state index contributed by atoms with van der Waals surface area (Å²) in [6.45, 7) is 6.57. The van der Waals surface area contributed by atoms with Crippen molar-refractivity contribution in [1.29, 1.82) is 0 Å². The number of hydrogen-bond acceptors (Lipinski definition) is 4. The van der Waals surface area contributed by atoms with Gasteiger partial charge >= 0.3 is 11.9 Å². The molecule has 5 heteroatoms. The number of carbonyl (C=O) groups excluding carboxylic acids is 2. The molecule has 1 aliphatic heterocycles. The van der Waals surface area contributed by atoms with Gasteiger partial charge in [-0.1, -0.05) is 124 Å². The van der Waals surface area contributed by atoms with E-state index in [4.69, 9.17) is 9.47 Å². The predicted octanol–water partition coefficient (Wildman–Crippen LogP) is 6.78. The monoisotopic (exact) mass is 544 g/mol. The number of esters is 2. The molecule has 2 aromatic carbocycles. The summed E-state index contributed by atoms with van der Waals surface area (Å²) in [5.74, 6) is -0.912. The largest absolute Gasteiger partial charge is 0.466 e. The van der Waals surface area contributed by atoms with Crippen LogP contribution < -0.4 is 10.4 Å². The van der Waals surface area contributed by atoms with E-state index in [0.29, 0.717) is 10.8 Å². The molecule has 208 valence electrons. The van der Waals surface area contributed by atoms with E-state index in [-0.39, 0.29) is 0 Å². The van der Waals surface area contributed by atoms with Crippen LogP contribution in [0.3, 0.4) is 0 Å². The summed E-state index contributed by atoms with van der Waals surface area (Å²) in [5, 5.41) is 3.88. The maximum Gasteiger partial charge on any atom is 0.338 e. The lowest BCUT2D eigenvalue weighted by Crippen LogP contribution is -2.65. The average Bonchev–Trinajstić information content (AvgIpc) is 2.99. The van der Waals surface area contributed by atoms with E-state index in [9.17, 15) is 9.59 Å². The molecule has 0 N–H and O–H groups in total. The van der Waals surface area contributed by atoms with E-state index in [2.05, 4.69) is 51.1 Å². The Bertz CT molecular complexity index is 1160. The van der Waals surface area contributed by atoms with E-state index < -0.39 is 20.0 Å². The number of benzene rings is 2. The Balaban J connectivity index is 2.60. The SMILES string of the molecule is CCCCC1=CC(=C(CCCC)CCCC)C(C(=O)OC)=C(C(=O)OC)[Si]1(c1ccccc1)c1ccccc1. The van der Waals surface area contributed by atoms with Gasteiger partial charge in [0.15, 0.2) is 8.07 Å². The topological polar surface area (TPSA) is 52.6 Å². The van der Waals surface area contributed by atoms with Gasteiger partial charge in [0.25, 0.3) is 0 Å². The Morgan fingerprint density at radius 2 is 1.18 bits per heavy atom. The molecule has 4 nitrogen and oxygen atoms in total. The molecular formula is C34H44O4Si. The van der Waals surface area contributed by atoms with Gasteiger partial charge in [0.2, 0.25) is 0 Å². The van der Waals surface area contributed by atoms with Gasteiger partial charge in [0.05, 0.1) is 25.0 Å². The van der Waals surface area contributed by atoms with Gasteiger partial charge in [0, 0.05) is 0 Å². The Morgan fingerprint density at radius 3 is 1.62 bits per heavy atom. The summed E-state index contributed by atoms with van der Waals surface area (Å²) in [6.07, 6.45) is 11.1. The van der Waals surface area contributed by atoms with Crippen molar-refractivity contribution in [1.82, 2.24) is 0 Å². The van der Waals surface area contributed by atoms with E-state index in [1.54, 1.807) is 0 Å². The summed E-state index contributed by atoms with van der Waals surface area (Å²) in [6, 6.07) is 20.5. The third kappa shape index (κ3) is 6.35. The van der Waals surface area contributed by atoms with Gasteiger partial charge in [-0.15, -0.1) is 0 Å². The van der Waals surface area contributed by atoms with Crippen molar-refractivity contribution in [2.45, 2.75) is 78.6 Å². The van der Waals surface area contributed by atoms with Crippen molar-refractivity contribution in [2.75, 3.05) is 14.2 Å². The van der Waals surface area contributed by atoms with Crippen LogP contribution in [0.25, 0.3) is 0 Å². The first-order chi connectivity index (χ1) is 19.0. The summed E-state index contributed by atoms with van der Waals surface area (Å²) in [7, 11) is -0.351. The quantitative estimate of drug-likeness (QED) is 0.206. The molecule has 0 aliphatic carbocycles. The Morgan fingerprint density at radius 1 is 0.692 bits per heavy atom. The Labute approximate surface area is 235 Å². The number of hydrogen-bond donors (Lipinski definition) is 0. The van der Waals surface area contributed by atoms with Crippen molar-refractivity contribution < 1.29 is 19.1 Å². The van der Waals surface area contributed by atoms with E-state index in [1.165, 1.54) is 25.0 Å². The normalized spacial score (nSPS) is 14.6. The van der Waals surface area contributed by atoms with Crippen molar-refractivity contribution >= 4 is 30.4 Å². The molecule has 0 spiro atoms. The summed E-state index contributed by atoms with van der Waals surface area (Å²) in [4.78, 5) is 27.9. The lowest BCUT2D eigenvalue weighted by atomic mass is 9.91. The second-order valence-corrected chi connectivity index (χ2v) is 14.0. The first kappa shape index (κ1) is 30.4. The van der Waals surface area contributed by atoms with Crippen molar-refractivity contribution in [2.24, 2.45) is 0 Å². The van der Waals surface area contributed by atoms with Gasteiger partial charge in [-0.2, -0.15) is 0 Å². The molecular weight excluding hydrogens is 500 g/mol. The minimum atomic E-state index is -3.18. The molecule has 0 fully saturated rings. The first-order valence-electron chi connectivity index (χ1n) is 14.5. The summed E-state index contributed by atoms with van der Waals surface area (Å²) < 4.78 is 11.0. The van der Waals surface area contributed by atoms with Crippen LogP contribution in [-0.2, 0) is 19.1 Å². The molecule has 39 heavy (non-hydrogen) atoms. The van der Waals surface area contributed by atoms with Gasteiger partial charge in [-0.25, -0.2) is 9.59 Å². The van der Waals surface area contributed by atoms with Crippen LogP contribution in [0.4, 0.5) is 0 Å². The fourth-order valence-electron chi connectivity index (χ4n) is 5.79. The smallest absolute Gasteiger partial charge is 0.338 e. The third-order valence-electron chi connectivity index (χ3n) is 7.73. The van der Waals surface area contributed by atoms with Crippen LogP contribution in [0.15, 0.2) is 93.9 Å². The fraction of sp³-hybridized carbons (Fsp3) is 0.412. The molecule has 1 aliphatic rings. The number of allylic oxidation sites excluding steroid dienone is 3. The second kappa shape index (κ2) is 14.8. The van der Waals surface area contributed by atoms with E-state index >= 15 is 0 Å². The Hall–Kier alpha value is -3.18. The molecule has 0 saturated heterocycles. The van der Waals surface area contributed by atoms with E-state index in [0.717, 1.165) is 73.7 Å². The summed E-state index contributed by atoms with van der Waals surface area (Å²) >= 11 is 0. The van der Waals surface area contributed by atoms with Gasteiger partial charge < -0.3 is 9.47 Å². The van der Waals surface area contributed by atoms with Gasteiger partial charge in [0.1, 0.15) is 0 Å². The van der Waals surface area contributed by atoms with Crippen LogP contribution >= 0.6 is 0 Å². The number of methoxy groups -OCH3 is 2. The highest BCUT2D eigenvalue weighted by Gasteiger charge is 2.52. The van der Waals surface area contributed by atoms with Crippen LogP contribution in [0.1, 0.15) is 78.6 Å². The lowest BCUT2D eigenvalue weighted by Gasteiger charge is -2.41. The highest BCUT2D eigenvalue weighted by molar-refractivity contribution is 7.14. The molecule has 2 aromatic rings. The molecule has 0 amide bonds. The zero-order chi connectivity index (χ0) is 28.3.